The van der Waals surface area contributed by atoms with Crippen LogP contribution >= 0.6 is 0 Å². The standard InChI is InChI=1S/C19H23N3O6S/c1-3-28-18-11-5-4-10-17(18)20-19(23)12-7-13-21(29(2,26)27)15-8-6-9-16(14-15)22(24)25/h4-6,8-11,14H,3,7,12-13H2,1-2H3,(H,20,23). The molecule has 1 amide bonds. The van der Waals surface area contributed by atoms with Gasteiger partial charge in [0.05, 0.1) is 29.2 Å². The Balaban J connectivity index is 2.03. The van der Waals surface area contributed by atoms with Gasteiger partial charge in [-0.05, 0) is 31.5 Å². The second-order valence-corrected chi connectivity index (χ2v) is 8.10. The summed E-state index contributed by atoms with van der Waals surface area (Å²) >= 11 is 0. The van der Waals surface area contributed by atoms with Crippen LogP contribution < -0.4 is 14.4 Å². The number of nitrogens with zero attached hydrogens (tertiary/aromatic N) is 2. The lowest BCUT2D eigenvalue weighted by molar-refractivity contribution is -0.384. The van der Waals surface area contributed by atoms with Gasteiger partial charge in [-0.15, -0.1) is 0 Å². The fraction of sp³-hybridized carbons (Fsp3) is 0.316. The van der Waals surface area contributed by atoms with Gasteiger partial charge in [0.15, 0.2) is 0 Å². The number of para-hydroxylation sites is 2. The van der Waals surface area contributed by atoms with Crippen LogP contribution in [0, 0.1) is 10.1 Å². The molecule has 0 bridgehead atoms. The molecule has 29 heavy (non-hydrogen) atoms. The highest BCUT2D eigenvalue weighted by Gasteiger charge is 2.20. The van der Waals surface area contributed by atoms with Crippen molar-refractivity contribution in [2.24, 2.45) is 0 Å². The summed E-state index contributed by atoms with van der Waals surface area (Å²) in [5.74, 6) is 0.266. The Hall–Kier alpha value is -3.14. The number of benzene rings is 2. The number of carbonyl (C=O) groups excluding carboxylic acids is 1. The number of hydrogen-bond acceptors (Lipinski definition) is 6. The molecule has 0 atom stereocenters. The monoisotopic (exact) mass is 421 g/mol. The van der Waals surface area contributed by atoms with Crippen molar-refractivity contribution in [2.45, 2.75) is 19.8 Å². The third kappa shape index (κ3) is 6.46. The Morgan fingerprint density at radius 1 is 1.21 bits per heavy atom. The van der Waals surface area contributed by atoms with Gasteiger partial charge in [0.1, 0.15) is 5.75 Å². The van der Waals surface area contributed by atoms with Crippen molar-refractivity contribution >= 4 is 33.0 Å². The maximum absolute atomic E-state index is 12.3. The number of carbonyl (C=O) groups is 1. The zero-order valence-electron chi connectivity index (χ0n) is 16.2. The van der Waals surface area contributed by atoms with Gasteiger partial charge < -0.3 is 10.1 Å². The summed E-state index contributed by atoms with van der Waals surface area (Å²) in [7, 11) is -3.67. The van der Waals surface area contributed by atoms with Crippen LogP contribution in [0.4, 0.5) is 17.1 Å². The summed E-state index contributed by atoms with van der Waals surface area (Å²) in [6.07, 6.45) is 1.32. The molecule has 1 N–H and O–H groups in total. The molecule has 0 fully saturated rings. The second kappa shape index (κ2) is 9.87. The van der Waals surface area contributed by atoms with E-state index in [1.807, 2.05) is 6.92 Å². The molecule has 0 heterocycles. The van der Waals surface area contributed by atoms with E-state index in [2.05, 4.69) is 5.32 Å². The van der Waals surface area contributed by atoms with E-state index >= 15 is 0 Å². The smallest absolute Gasteiger partial charge is 0.271 e. The highest BCUT2D eigenvalue weighted by atomic mass is 32.2. The number of nitro groups is 1. The number of ether oxygens (including phenoxy) is 1. The molecule has 0 unspecified atom stereocenters. The van der Waals surface area contributed by atoms with Gasteiger partial charge in [-0.2, -0.15) is 0 Å². The van der Waals surface area contributed by atoms with Crippen molar-refractivity contribution in [1.82, 2.24) is 0 Å². The molecule has 2 aromatic rings. The van der Waals surface area contributed by atoms with Crippen LogP contribution in [0.2, 0.25) is 0 Å². The number of anilines is 2. The maximum atomic E-state index is 12.3. The average molecular weight is 421 g/mol. The predicted octanol–water partition coefficient (Wildman–Crippen LogP) is 3.18. The van der Waals surface area contributed by atoms with Gasteiger partial charge in [0.2, 0.25) is 15.9 Å². The summed E-state index contributed by atoms with van der Waals surface area (Å²) in [6, 6.07) is 12.4. The first-order chi connectivity index (χ1) is 13.7. The van der Waals surface area contributed by atoms with Gasteiger partial charge in [-0.3, -0.25) is 19.2 Å². The summed E-state index contributed by atoms with van der Waals surface area (Å²) in [5.41, 5.74) is 0.517. The molecule has 0 aliphatic carbocycles. The minimum atomic E-state index is -3.67. The molecule has 2 rings (SSSR count). The van der Waals surface area contributed by atoms with Crippen molar-refractivity contribution in [3.05, 3.63) is 58.6 Å². The first kappa shape index (κ1) is 22.2. The first-order valence-electron chi connectivity index (χ1n) is 8.96. The minimum Gasteiger partial charge on any atom is -0.492 e. The Morgan fingerprint density at radius 3 is 2.59 bits per heavy atom. The van der Waals surface area contributed by atoms with E-state index in [1.165, 1.54) is 24.3 Å². The van der Waals surface area contributed by atoms with Crippen LogP contribution in [0.1, 0.15) is 19.8 Å². The maximum Gasteiger partial charge on any atom is 0.271 e. The van der Waals surface area contributed by atoms with Gasteiger partial charge >= 0.3 is 0 Å². The fourth-order valence-electron chi connectivity index (χ4n) is 2.70. The first-order valence-corrected chi connectivity index (χ1v) is 10.8. The van der Waals surface area contributed by atoms with E-state index in [0.717, 1.165) is 10.6 Å². The molecule has 2 aromatic carbocycles. The number of nitrogens with one attached hydrogen (secondary N) is 1. The third-order valence-electron chi connectivity index (χ3n) is 3.95. The van der Waals surface area contributed by atoms with Crippen LogP contribution in [0.5, 0.6) is 5.75 Å². The highest BCUT2D eigenvalue weighted by molar-refractivity contribution is 7.92. The van der Waals surface area contributed by atoms with Crippen LogP contribution in [0.15, 0.2) is 48.5 Å². The van der Waals surface area contributed by atoms with E-state index in [0.29, 0.717) is 18.0 Å². The average Bonchev–Trinajstić information content (AvgIpc) is 2.66. The Labute approximate surface area is 169 Å². The van der Waals surface area contributed by atoms with Crippen molar-refractivity contribution in [1.29, 1.82) is 0 Å². The number of hydrogen-bond donors (Lipinski definition) is 1. The molecule has 0 spiro atoms. The van der Waals surface area contributed by atoms with E-state index in [-0.39, 0.29) is 36.7 Å². The van der Waals surface area contributed by atoms with Crippen molar-refractivity contribution < 1.29 is 22.9 Å². The number of amides is 1. The lowest BCUT2D eigenvalue weighted by Gasteiger charge is -2.22. The van der Waals surface area contributed by atoms with Crippen molar-refractivity contribution in [3.63, 3.8) is 0 Å². The van der Waals surface area contributed by atoms with Crippen LogP contribution in [0.3, 0.4) is 0 Å². The lowest BCUT2D eigenvalue weighted by Crippen LogP contribution is -2.31. The highest BCUT2D eigenvalue weighted by Crippen LogP contribution is 2.25. The largest absolute Gasteiger partial charge is 0.492 e. The van der Waals surface area contributed by atoms with Crippen molar-refractivity contribution in [3.8, 4) is 5.75 Å². The normalized spacial score (nSPS) is 11.0. The molecule has 0 saturated heterocycles. The quantitative estimate of drug-likeness (QED) is 0.465. The third-order valence-corrected chi connectivity index (χ3v) is 5.15. The van der Waals surface area contributed by atoms with E-state index < -0.39 is 14.9 Å². The summed E-state index contributed by atoms with van der Waals surface area (Å²) in [6.45, 7) is 2.31. The number of non-ortho nitro benzene ring substituents is 1. The molecule has 0 radical (unpaired) electrons. The SMILES string of the molecule is CCOc1ccccc1NC(=O)CCCN(c1cccc([N+](=O)[O-])c1)S(C)(=O)=O. The molecule has 0 aliphatic rings. The van der Waals surface area contributed by atoms with E-state index in [4.69, 9.17) is 4.74 Å². The van der Waals surface area contributed by atoms with E-state index in [9.17, 15) is 23.3 Å². The molecule has 0 aliphatic heterocycles. The minimum absolute atomic E-state index is 0.0144. The Kier molecular flexibility index (Phi) is 7.54. The zero-order valence-corrected chi connectivity index (χ0v) is 17.0. The van der Waals surface area contributed by atoms with Gasteiger partial charge in [0.25, 0.3) is 5.69 Å². The predicted molar refractivity (Wildman–Crippen MR) is 111 cm³/mol. The summed E-state index contributed by atoms with van der Waals surface area (Å²) < 4.78 is 30.8. The van der Waals surface area contributed by atoms with Gasteiger partial charge in [-0.1, -0.05) is 18.2 Å². The Morgan fingerprint density at radius 2 is 1.93 bits per heavy atom. The number of sulfonamides is 1. The zero-order chi connectivity index (χ0) is 21.4. The lowest BCUT2D eigenvalue weighted by atomic mass is 10.2. The van der Waals surface area contributed by atoms with Crippen LogP contribution in [-0.4, -0.2) is 38.7 Å². The molecular formula is C19H23N3O6S. The second-order valence-electron chi connectivity index (χ2n) is 6.19. The number of rotatable bonds is 10. The van der Waals surface area contributed by atoms with E-state index in [1.54, 1.807) is 24.3 Å². The Bertz CT molecular complexity index is 977. The van der Waals surface area contributed by atoms with Crippen LogP contribution in [0.25, 0.3) is 0 Å². The number of nitro benzene ring substituents is 1. The molecule has 9 nitrogen and oxygen atoms in total. The molecule has 156 valence electrons. The molecule has 10 heteroatoms. The topological polar surface area (TPSA) is 119 Å². The molecule has 0 aromatic heterocycles. The van der Waals surface area contributed by atoms with Gasteiger partial charge in [-0.25, -0.2) is 8.42 Å². The molecular weight excluding hydrogens is 398 g/mol. The fourth-order valence-corrected chi connectivity index (χ4v) is 3.65. The summed E-state index contributed by atoms with van der Waals surface area (Å²) in [4.78, 5) is 22.6. The van der Waals surface area contributed by atoms with Crippen molar-refractivity contribution in [2.75, 3.05) is 29.0 Å². The van der Waals surface area contributed by atoms with Crippen LogP contribution in [-0.2, 0) is 14.8 Å². The molecule has 0 saturated carbocycles. The summed E-state index contributed by atoms with van der Waals surface area (Å²) in [5, 5.41) is 13.7. The van der Waals surface area contributed by atoms with Gasteiger partial charge in [0, 0.05) is 25.1 Å².